The SMILES string of the molecule is O=C(NC(C(=O)O)c1ccccc1)c1ccc([N+](=O)[O-])cc1. The van der Waals surface area contributed by atoms with E-state index in [0.717, 1.165) is 0 Å². The largest absolute Gasteiger partial charge is 0.479 e. The van der Waals surface area contributed by atoms with E-state index in [2.05, 4.69) is 5.32 Å². The maximum absolute atomic E-state index is 12.1. The van der Waals surface area contributed by atoms with E-state index in [1.807, 2.05) is 0 Å². The molecule has 0 aromatic heterocycles. The number of hydrogen-bond acceptors (Lipinski definition) is 4. The van der Waals surface area contributed by atoms with Gasteiger partial charge < -0.3 is 10.4 Å². The van der Waals surface area contributed by atoms with Crippen molar-refractivity contribution in [3.63, 3.8) is 0 Å². The Morgan fingerprint density at radius 1 is 1.05 bits per heavy atom. The molecule has 22 heavy (non-hydrogen) atoms. The fourth-order valence-corrected chi connectivity index (χ4v) is 1.88. The van der Waals surface area contributed by atoms with Crippen LogP contribution >= 0.6 is 0 Å². The van der Waals surface area contributed by atoms with Gasteiger partial charge in [-0.3, -0.25) is 14.9 Å². The van der Waals surface area contributed by atoms with Gasteiger partial charge in [-0.05, 0) is 17.7 Å². The monoisotopic (exact) mass is 300 g/mol. The van der Waals surface area contributed by atoms with Crippen molar-refractivity contribution in [2.75, 3.05) is 0 Å². The normalized spacial score (nSPS) is 11.5. The lowest BCUT2D eigenvalue weighted by molar-refractivity contribution is -0.384. The second kappa shape index (κ2) is 6.49. The molecule has 0 aliphatic rings. The van der Waals surface area contributed by atoms with Crippen LogP contribution in [-0.4, -0.2) is 21.9 Å². The molecule has 7 heteroatoms. The average Bonchev–Trinajstić information content (AvgIpc) is 2.53. The Bertz CT molecular complexity index is 698. The Morgan fingerprint density at radius 2 is 1.64 bits per heavy atom. The van der Waals surface area contributed by atoms with Gasteiger partial charge in [-0.15, -0.1) is 0 Å². The van der Waals surface area contributed by atoms with Crippen LogP contribution in [0.15, 0.2) is 54.6 Å². The van der Waals surface area contributed by atoms with Crippen molar-refractivity contribution in [2.24, 2.45) is 0 Å². The fraction of sp³-hybridized carbons (Fsp3) is 0.0667. The first-order valence-corrected chi connectivity index (χ1v) is 6.32. The Kier molecular flexibility index (Phi) is 4.47. The quantitative estimate of drug-likeness (QED) is 0.649. The summed E-state index contributed by atoms with van der Waals surface area (Å²) in [5, 5.41) is 22.2. The summed E-state index contributed by atoms with van der Waals surface area (Å²) in [5.41, 5.74) is 0.437. The molecule has 0 bridgehead atoms. The van der Waals surface area contributed by atoms with Gasteiger partial charge in [0.05, 0.1) is 4.92 Å². The lowest BCUT2D eigenvalue weighted by Crippen LogP contribution is -2.33. The Labute approximate surface area is 125 Å². The number of nitro groups is 1. The molecule has 0 aliphatic carbocycles. The number of nitrogens with zero attached hydrogens (tertiary/aromatic N) is 1. The number of nitrogens with one attached hydrogen (secondary N) is 1. The molecule has 112 valence electrons. The standard InChI is InChI=1S/C15H12N2O5/c18-14(11-6-8-12(9-7-11)17(21)22)16-13(15(19)20)10-4-2-1-3-5-10/h1-9,13H,(H,16,18)(H,19,20). The van der Waals surface area contributed by atoms with Gasteiger partial charge in [-0.2, -0.15) is 0 Å². The molecule has 1 unspecified atom stereocenters. The van der Waals surface area contributed by atoms with Gasteiger partial charge in [0.25, 0.3) is 11.6 Å². The number of nitro benzene ring substituents is 1. The van der Waals surface area contributed by atoms with Crippen molar-refractivity contribution < 1.29 is 19.6 Å². The number of benzene rings is 2. The number of rotatable bonds is 5. The van der Waals surface area contributed by atoms with E-state index >= 15 is 0 Å². The maximum Gasteiger partial charge on any atom is 0.330 e. The summed E-state index contributed by atoms with van der Waals surface area (Å²) in [7, 11) is 0. The minimum absolute atomic E-state index is 0.144. The van der Waals surface area contributed by atoms with Gasteiger partial charge in [0.2, 0.25) is 0 Å². The summed E-state index contributed by atoms with van der Waals surface area (Å²) in [4.78, 5) is 33.4. The zero-order chi connectivity index (χ0) is 16.1. The molecule has 0 aliphatic heterocycles. The molecule has 7 nitrogen and oxygen atoms in total. The van der Waals surface area contributed by atoms with E-state index in [1.54, 1.807) is 30.3 Å². The highest BCUT2D eigenvalue weighted by Crippen LogP contribution is 2.15. The number of carbonyl (C=O) groups excluding carboxylic acids is 1. The lowest BCUT2D eigenvalue weighted by Gasteiger charge is -2.14. The topological polar surface area (TPSA) is 110 Å². The molecule has 0 spiro atoms. The van der Waals surface area contributed by atoms with Crippen molar-refractivity contribution in [3.05, 3.63) is 75.8 Å². The van der Waals surface area contributed by atoms with E-state index in [4.69, 9.17) is 0 Å². The highest BCUT2D eigenvalue weighted by atomic mass is 16.6. The van der Waals surface area contributed by atoms with Crippen LogP contribution in [0.1, 0.15) is 22.0 Å². The summed E-state index contributed by atoms with van der Waals surface area (Å²) in [6.07, 6.45) is 0. The van der Waals surface area contributed by atoms with Crippen LogP contribution in [0.5, 0.6) is 0 Å². The number of non-ortho nitro benzene ring substituents is 1. The first kappa shape index (κ1) is 15.2. The Balaban J connectivity index is 2.18. The van der Waals surface area contributed by atoms with Crippen molar-refractivity contribution in [2.45, 2.75) is 6.04 Å². The third-order valence-corrected chi connectivity index (χ3v) is 3.00. The number of carbonyl (C=O) groups is 2. The number of carboxylic acids is 1. The van der Waals surface area contributed by atoms with Crippen molar-refractivity contribution in [1.82, 2.24) is 5.32 Å². The summed E-state index contributed by atoms with van der Waals surface area (Å²) >= 11 is 0. The van der Waals surface area contributed by atoms with Gasteiger partial charge in [0.15, 0.2) is 6.04 Å². The Morgan fingerprint density at radius 3 is 2.14 bits per heavy atom. The van der Waals surface area contributed by atoms with E-state index < -0.39 is 22.8 Å². The Hall–Kier alpha value is -3.22. The van der Waals surface area contributed by atoms with Crippen LogP contribution in [0.25, 0.3) is 0 Å². The highest BCUT2D eigenvalue weighted by Gasteiger charge is 2.22. The van der Waals surface area contributed by atoms with E-state index in [-0.39, 0.29) is 11.3 Å². The highest BCUT2D eigenvalue weighted by molar-refractivity contribution is 5.97. The molecule has 2 aromatic rings. The summed E-state index contributed by atoms with van der Waals surface area (Å²) in [5.74, 6) is -1.81. The summed E-state index contributed by atoms with van der Waals surface area (Å²) in [6, 6.07) is 12.0. The van der Waals surface area contributed by atoms with Gasteiger partial charge in [-0.1, -0.05) is 30.3 Å². The predicted octanol–water partition coefficient (Wildman–Crippen LogP) is 2.15. The van der Waals surface area contributed by atoms with Crippen LogP contribution in [-0.2, 0) is 4.79 Å². The fourth-order valence-electron chi connectivity index (χ4n) is 1.88. The molecular formula is C15H12N2O5. The first-order chi connectivity index (χ1) is 10.5. The van der Waals surface area contributed by atoms with E-state index in [1.165, 1.54) is 24.3 Å². The molecule has 1 atom stereocenters. The van der Waals surface area contributed by atoms with Crippen molar-refractivity contribution in [1.29, 1.82) is 0 Å². The van der Waals surface area contributed by atoms with E-state index in [0.29, 0.717) is 5.56 Å². The van der Waals surface area contributed by atoms with Crippen LogP contribution in [0.3, 0.4) is 0 Å². The number of hydrogen-bond donors (Lipinski definition) is 2. The number of carboxylic acid groups (broad SMARTS) is 1. The minimum Gasteiger partial charge on any atom is -0.479 e. The first-order valence-electron chi connectivity index (χ1n) is 6.32. The molecule has 2 aromatic carbocycles. The van der Waals surface area contributed by atoms with Gasteiger partial charge in [0.1, 0.15) is 0 Å². The van der Waals surface area contributed by atoms with Crippen LogP contribution in [0.2, 0.25) is 0 Å². The third kappa shape index (κ3) is 3.45. The van der Waals surface area contributed by atoms with Crippen LogP contribution < -0.4 is 5.32 Å². The second-order valence-corrected chi connectivity index (χ2v) is 4.46. The zero-order valence-electron chi connectivity index (χ0n) is 11.3. The second-order valence-electron chi connectivity index (χ2n) is 4.46. The van der Waals surface area contributed by atoms with Gasteiger partial charge in [0, 0.05) is 17.7 Å². The van der Waals surface area contributed by atoms with Crippen molar-refractivity contribution >= 4 is 17.6 Å². The number of aliphatic carboxylic acids is 1. The minimum atomic E-state index is -1.19. The molecule has 0 saturated heterocycles. The molecule has 0 heterocycles. The zero-order valence-corrected chi connectivity index (χ0v) is 11.3. The maximum atomic E-state index is 12.1. The molecule has 0 radical (unpaired) electrons. The molecule has 0 saturated carbocycles. The number of amides is 1. The molecule has 2 rings (SSSR count). The van der Waals surface area contributed by atoms with Gasteiger partial charge in [-0.25, -0.2) is 4.79 Å². The van der Waals surface area contributed by atoms with E-state index in [9.17, 15) is 24.8 Å². The average molecular weight is 300 g/mol. The molecule has 1 amide bonds. The summed E-state index contributed by atoms with van der Waals surface area (Å²) in [6.45, 7) is 0. The molecule has 0 fully saturated rings. The molecular weight excluding hydrogens is 288 g/mol. The van der Waals surface area contributed by atoms with Crippen LogP contribution in [0, 0.1) is 10.1 Å². The lowest BCUT2D eigenvalue weighted by atomic mass is 10.1. The van der Waals surface area contributed by atoms with Crippen LogP contribution in [0.4, 0.5) is 5.69 Å². The third-order valence-electron chi connectivity index (χ3n) is 3.00. The summed E-state index contributed by atoms with van der Waals surface area (Å²) < 4.78 is 0. The van der Waals surface area contributed by atoms with Gasteiger partial charge >= 0.3 is 5.97 Å². The predicted molar refractivity (Wildman–Crippen MR) is 77.4 cm³/mol. The molecule has 2 N–H and O–H groups in total. The van der Waals surface area contributed by atoms with Crippen molar-refractivity contribution in [3.8, 4) is 0 Å². The smallest absolute Gasteiger partial charge is 0.330 e.